The maximum Gasteiger partial charge on any atom is 0.262 e. The molecule has 2 rings (SSSR count). The van der Waals surface area contributed by atoms with Crippen molar-refractivity contribution in [2.45, 2.75) is 0 Å². The van der Waals surface area contributed by atoms with Crippen LogP contribution >= 0.6 is 22.6 Å². The number of hydrogen-bond acceptors (Lipinski definition) is 3. The number of nitrogens with zero attached hydrogens (tertiary/aromatic N) is 1. The maximum atomic E-state index is 11.7. The van der Waals surface area contributed by atoms with Crippen LogP contribution in [0.1, 0.15) is 5.56 Å². The average molecular weight is 378 g/mol. The van der Waals surface area contributed by atoms with Crippen molar-refractivity contribution in [1.82, 2.24) is 0 Å². The number of halogens is 1. The van der Waals surface area contributed by atoms with Gasteiger partial charge in [-0.25, -0.2) is 0 Å². The van der Waals surface area contributed by atoms with E-state index in [-0.39, 0.29) is 12.5 Å². The Kier molecular flexibility index (Phi) is 4.96. The lowest BCUT2D eigenvalue weighted by atomic mass is 10.2. The fourth-order valence-corrected chi connectivity index (χ4v) is 2.05. The van der Waals surface area contributed by atoms with E-state index in [0.717, 1.165) is 3.57 Å². The second-order valence-electron chi connectivity index (χ2n) is 3.98. The van der Waals surface area contributed by atoms with Crippen LogP contribution in [0.2, 0.25) is 0 Å². The molecule has 0 aliphatic heterocycles. The smallest absolute Gasteiger partial charge is 0.262 e. The Morgan fingerprint density at radius 1 is 1.25 bits per heavy atom. The molecule has 0 atom stereocenters. The number of amides is 1. The van der Waals surface area contributed by atoms with Crippen molar-refractivity contribution in [3.05, 3.63) is 57.7 Å². The number of nitrogens with one attached hydrogen (secondary N) is 1. The Balaban J connectivity index is 1.87. The van der Waals surface area contributed by atoms with Crippen molar-refractivity contribution in [2.75, 3.05) is 11.9 Å². The fraction of sp³-hybridized carbons (Fsp3) is 0.0667. The standard InChI is InChI=1S/C15H11IN2O2/c16-12-2-1-3-14(8-12)20-10-15(19)18-13-6-4-11(9-17)5-7-13/h1-8H,10H2,(H,18,19). The van der Waals surface area contributed by atoms with Gasteiger partial charge in [0.2, 0.25) is 0 Å². The Morgan fingerprint density at radius 2 is 2.00 bits per heavy atom. The lowest BCUT2D eigenvalue weighted by molar-refractivity contribution is -0.118. The molecule has 0 unspecified atom stereocenters. The summed E-state index contributed by atoms with van der Waals surface area (Å²) >= 11 is 2.18. The fourth-order valence-electron chi connectivity index (χ4n) is 1.53. The summed E-state index contributed by atoms with van der Waals surface area (Å²) < 4.78 is 6.45. The molecular formula is C15H11IN2O2. The maximum absolute atomic E-state index is 11.7. The van der Waals surface area contributed by atoms with Crippen LogP contribution in [-0.2, 0) is 4.79 Å². The largest absolute Gasteiger partial charge is 0.484 e. The van der Waals surface area contributed by atoms with Crippen LogP contribution in [-0.4, -0.2) is 12.5 Å². The van der Waals surface area contributed by atoms with Crippen molar-refractivity contribution >= 4 is 34.2 Å². The molecule has 5 heteroatoms. The van der Waals surface area contributed by atoms with Crippen LogP contribution in [0.15, 0.2) is 48.5 Å². The summed E-state index contributed by atoms with van der Waals surface area (Å²) in [5.74, 6) is 0.417. The van der Waals surface area contributed by atoms with Crippen molar-refractivity contribution in [2.24, 2.45) is 0 Å². The highest BCUT2D eigenvalue weighted by atomic mass is 127. The third-order valence-electron chi connectivity index (χ3n) is 2.46. The SMILES string of the molecule is N#Cc1ccc(NC(=O)COc2cccc(I)c2)cc1. The topological polar surface area (TPSA) is 62.1 Å². The number of benzene rings is 2. The summed E-state index contributed by atoms with van der Waals surface area (Å²) in [6.07, 6.45) is 0. The van der Waals surface area contributed by atoms with Gasteiger partial charge in [0.05, 0.1) is 11.6 Å². The molecule has 2 aromatic carbocycles. The van der Waals surface area contributed by atoms with Gasteiger partial charge in [-0.15, -0.1) is 0 Å². The monoisotopic (exact) mass is 378 g/mol. The first-order valence-corrected chi connectivity index (χ1v) is 6.93. The Bertz CT molecular complexity index is 648. The summed E-state index contributed by atoms with van der Waals surface area (Å²) in [5, 5.41) is 11.4. The first kappa shape index (κ1) is 14.3. The van der Waals surface area contributed by atoms with Crippen molar-refractivity contribution < 1.29 is 9.53 Å². The van der Waals surface area contributed by atoms with Gasteiger partial charge in [0, 0.05) is 9.26 Å². The van der Waals surface area contributed by atoms with Crippen LogP contribution in [0, 0.1) is 14.9 Å². The molecule has 1 N–H and O–H groups in total. The molecule has 0 aromatic heterocycles. The van der Waals surface area contributed by atoms with E-state index >= 15 is 0 Å². The van der Waals surface area contributed by atoms with Crippen LogP contribution in [0.25, 0.3) is 0 Å². The van der Waals surface area contributed by atoms with E-state index in [1.165, 1.54) is 0 Å². The van der Waals surface area contributed by atoms with Gasteiger partial charge in [-0.1, -0.05) is 6.07 Å². The second-order valence-corrected chi connectivity index (χ2v) is 5.23. The third-order valence-corrected chi connectivity index (χ3v) is 3.13. The highest BCUT2D eigenvalue weighted by Gasteiger charge is 2.04. The zero-order chi connectivity index (χ0) is 14.4. The number of carbonyl (C=O) groups excluding carboxylic acids is 1. The van der Waals surface area contributed by atoms with Gasteiger partial charge in [-0.2, -0.15) is 5.26 Å². The zero-order valence-electron chi connectivity index (χ0n) is 10.5. The molecule has 20 heavy (non-hydrogen) atoms. The van der Waals surface area contributed by atoms with E-state index in [0.29, 0.717) is 17.0 Å². The van der Waals surface area contributed by atoms with Gasteiger partial charge in [0.15, 0.2) is 6.61 Å². The predicted octanol–water partition coefficient (Wildman–Crippen LogP) is 3.18. The molecule has 0 radical (unpaired) electrons. The summed E-state index contributed by atoms with van der Waals surface area (Å²) in [6, 6.07) is 16.2. The first-order chi connectivity index (χ1) is 9.67. The first-order valence-electron chi connectivity index (χ1n) is 5.86. The van der Waals surface area contributed by atoms with E-state index in [2.05, 4.69) is 27.9 Å². The Labute approximate surface area is 130 Å². The number of hydrogen-bond donors (Lipinski definition) is 1. The predicted molar refractivity (Wildman–Crippen MR) is 84.4 cm³/mol. The third kappa shape index (κ3) is 4.24. The molecule has 4 nitrogen and oxygen atoms in total. The molecule has 0 aliphatic rings. The van der Waals surface area contributed by atoms with Gasteiger partial charge >= 0.3 is 0 Å². The number of carbonyl (C=O) groups is 1. The molecule has 100 valence electrons. The van der Waals surface area contributed by atoms with Gasteiger partial charge in [0.1, 0.15) is 5.75 Å². The van der Waals surface area contributed by atoms with Gasteiger partial charge in [-0.3, -0.25) is 4.79 Å². The van der Waals surface area contributed by atoms with Gasteiger partial charge in [-0.05, 0) is 65.1 Å². The van der Waals surface area contributed by atoms with Crippen molar-refractivity contribution in [3.8, 4) is 11.8 Å². The number of rotatable bonds is 4. The minimum atomic E-state index is -0.242. The summed E-state index contributed by atoms with van der Waals surface area (Å²) in [7, 11) is 0. The van der Waals surface area contributed by atoms with E-state index < -0.39 is 0 Å². The summed E-state index contributed by atoms with van der Waals surface area (Å²) in [6.45, 7) is -0.0555. The number of nitriles is 1. The van der Waals surface area contributed by atoms with Crippen LogP contribution in [0.4, 0.5) is 5.69 Å². The molecule has 1 amide bonds. The molecule has 0 saturated heterocycles. The molecule has 0 fully saturated rings. The molecule has 0 bridgehead atoms. The zero-order valence-corrected chi connectivity index (χ0v) is 12.6. The van der Waals surface area contributed by atoms with Gasteiger partial charge in [0.25, 0.3) is 5.91 Å². The Hall–Kier alpha value is -2.07. The minimum absolute atomic E-state index is 0.0555. The molecule has 0 aliphatic carbocycles. The summed E-state index contributed by atoms with van der Waals surface area (Å²) in [4.78, 5) is 11.7. The second kappa shape index (κ2) is 6.91. The molecule has 0 saturated carbocycles. The minimum Gasteiger partial charge on any atom is -0.484 e. The van der Waals surface area contributed by atoms with Crippen molar-refractivity contribution in [1.29, 1.82) is 5.26 Å². The average Bonchev–Trinajstić information content (AvgIpc) is 2.46. The van der Waals surface area contributed by atoms with E-state index in [4.69, 9.17) is 10.00 Å². The lowest BCUT2D eigenvalue weighted by Gasteiger charge is -2.07. The van der Waals surface area contributed by atoms with E-state index in [1.54, 1.807) is 30.3 Å². The Morgan fingerprint density at radius 3 is 2.65 bits per heavy atom. The van der Waals surface area contributed by atoms with Crippen LogP contribution in [0.5, 0.6) is 5.75 Å². The molecule has 2 aromatic rings. The summed E-state index contributed by atoms with van der Waals surface area (Å²) in [5.41, 5.74) is 1.19. The van der Waals surface area contributed by atoms with E-state index in [9.17, 15) is 4.79 Å². The van der Waals surface area contributed by atoms with Crippen molar-refractivity contribution in [3.63, 3.8) is 0 Å². The van der Waals surface area contributed by atoms with E-state index in [1.807, 2.05) is 24.3 Å². The lowest BCUT2D eigenvalue weighted by Crippen LogP contribution is -2.20. The highest BCUT2D eigenvalue weighted by Crippen LogP contribution is 2.15. The normalized spacial score (nSPS) is 9.60. The van der Waals surface area contributed by atoms with Gasteiger partial charge < -0.3 is 10.1 Å². The van der Waals surface area contributed by atoms with Crippen LogP contribution < -0.4 is 10.1 Å². The molecule has 0 spiro atoms. The molecular weight excluding hydrogens is 367 g/mol. The van der Waals surface area contributed by atoms with Crippen LogP contribution in [0.3, 0.4) is 0 Å². The molecule has 0 heterocycles. The highest BCUT2D eigenvalue weighted by molar-refractivity contribution is 14.1. The number of ether oxygens (including phenoxy) is 1. The quantitative estimate of drug-likeness (QED) is 0.832. The number of anilines is 1.